The summed E-state index contributed by atoms with van der Waals surface area (Å²) >= 11 is 0. The molecule has 0 aliphatic heterocycles. The number of rotatable bonds is 9. The number of hydrogen-bond acceptors (Lipinski definition) is 10. The highest BCUT2D eigenvalue weighted by molar-refractivity contribution is 6.35. The Morgan fingerprint density at radius 1 is 0.441 bits per heavy atom. The SMILES string of the molecule is Cc1cc(-c2ccc(NC=C3C(=O)C(O)=C(C(C)C)c4cc(C)c(-c5c(C)cc6c(c5O)C(=CNc5ccc(-c7ccc(N)c(C)c7)cc5C)C(=O)C(O)=C6C(C)C)c(O)c43)c(C)c2)ccc1N. The zero-order valence-corrected chi connectivity index (χ0v) is 40.2. The second-order valence-corrected chi connectivity index (χ2v) is 18.8. The maximum atomic E-state index is 14.3. The monoisotopic (exact) mass is 906 g/mol. The van der Waals surface area contributed by atoms with Crippen molar-refractivity contribution in [3.05, 3.63) is 164 Å². The second kappa shape index (κ2) is 17.7. The Kier molecular flexibility index (Phi) is 12.1. The van der Waals surface area contributed by atoms with Crippen molar-refractivity contribution in [1.29, 1.82) is 0 Å². The zero-order valence-electron chi connectivity index (χ0n) is 40.2. The van der Waals surface area contributed by atoms with Crippen LogP contribution in [0.15, 0.2) is 109 Å². The molecule has 0 atom stereocenters. The van der Waals surface area contributed by atoms with Crippen LogP contribution in [-0.2, 0) is 9.59 Å². The highest BCUT2D eigenvalue weighted by atomic mass is 16.3. The number of carbonyl (C=O) groups is 2. The average Bonchev–Trinajstić information content (AvgIpc) is 3.27. The number of Topliss-reactive ketones (excluding diaryl/α,β-unsaturated/α-hetero) is 2. The van der Waals surface area contributed by atoms with Gasteiger partial charge in [-0.3, -0.25) is 9.59 Å². The van der Waals surface area contributed by atoms with Gasteiger partial charge >= 0.3 is 0 Å². The molecule has 0 amide bonds. The van der Waals surface area contributed by atoms with Crippen molar-refractivity contribution in [2.45, 2.75) is 69.2 Å². The molecule has 2 aliphatic rings. The Labute approximate surface area is 397 Å². The first kappa shape index (κ1) is 46.5. The van der Waals surface area contributed by atoms with Crippen molar-refractivity contribution >= 4 is 56.6 Å². The second-order valence-electron chi connectivity index (χ2n) is 18.8. The molecule has 0 aromatic heterocycles. The first-order chi connectivity index (χ1) is 32.2. The van der Waals surface area contributed by atoms with Crippen molar-refractivity contribution in [2.75, 3.05) is 22.1 Å². The van der Waals surface area contributed by atoms with Crippen molar-refractivity contribution in [1.82, 2.24) is 0 Å². The molecule has 10 heteroatoms. The van der Waals surface area contributed by atoms with Crippen LogP contribution in [0.5, 0.6) is 11.5 Å². The Balaban J connectivity index is 1.26. The number of aryl methyl sites for hydroxylation is 6. The molecule has 346 valence electrons. The third kappa shape index (κ3) is 7.95. The lowest BCUT2D eigenvalue weighted by Crippen LogP contribution is -2.20. The van der Waals surface area contributed by atoms with Crippen LogP contribution in [0.2, 0.25) is 0 Å². The van der Waals surface area contributed by atoms with Gasteiger partial charge in [0.2, 0.25) is 11.6 Å². The molecule has 6 aromatic rings. The number of carbonyl (C=O) groups excluding carboxylic acids is 2. The van der Waals surface area contributed by atoms with Gasteiger partial charge in [-0.1, -0.05) is 64.1 Å². The predicted molar refractivity (Wildman–Crippen MR) is 278 cm³/mol. The molecule has 8 rings (SSSR count). The first-order valence-corrected chi connectivity index (χ1v) is 22.8. The fourth-order valence-corrected chi connectivity index (χ4v) is 9.65. The molecule has 2 aliphatic carbocycles. The largest absolute Gasteiger partial charge is 0.507 e. The number of benzene rings is 6. The molecule has 10 nitrogen and oxygen atoms in total. The van der Waals surface area contributed by atoms with Gasteiger partial charge in [0.1, 0.15) is 11.5 Å². The predicted octanol–water partition coefficient (Wildman–Crippen LogP) is 13.0. The number of aromatic hydroxyl groups is 2. The summed E-state index contributed by atoms with van der Waals surface area (Å²) in [6.45, 7) is 18.9. The lowest BCUT2D eigenvalue weighted by Gasteiger charge is -2.29. The van der Waals surface area contributed by atoms with Crippen LogP contribution in [0.1, 0.15) is 83.3 Å². The van der Waals surface area contributed by atoms with Gasteiger partial charge in [0.15, 0.2) is 11.5 Å². The number of nitrogen functional groups attached to an aromatic ring is 2. The Morgan fingerprint density at radius 2 is 0.765 bits per heavy atom. The number of allylic oxidation sites excluding steroid dienone is 4. The van der Waals surface area contributed by atoms with Gasteiger partial charge in [-0.2, -0.15) is 0 Å². The van der Waals surface area contributed by atoms with Gasteiger partial charge in [0.05, 0.1) is 11.1 Å². The van der Waals surface area contributed by atoms with Crippen molar-refractivity contribution in [3.63, 3.8) is 0 Å². The van der Waals surface area contributed by atoms with Crippen molar-refractivity contribution in [2.24, 2.45) is 11.8 Å². The summed E-state index contributed by atoms with van der Waals surface area (Å²) in [5.41, 5.74) is 26.4. The highest BCUT2D eigenvalue weighted by Crippen LogP contribution is 2.54. The average molecular weight is 907 g/mol. The summed E-state index contributed by atoms with van der Waals surface area (Å²) in [7, 11) is 0. The van der Waals surface area contributed by atoms with Crippen LogP contribution < -0.4 is 22.1 Å². The fraction of sp³-hybridized carbons (Fsp3) is 0.207. The maximum Gasteiger partial charge on any atom is 0.229 e. The smallest absolute Gasteiger partial charge is 0.229 e. The number of phenolic OH excluding ortho intramolecular Hbond substituents is 2. The molecule has 0 spiro atoms. The van der Waals surface area contributed by atoms with Crippen LogP contribution in [0, 0.1) is 53.4 Å². The summed E-state index contributed by atoms with van der Waals surface area (Å²) in [5.74, 6) is -3.34. The summed E-state index contributed by atoms with van der Waals surface area (Å²) in [6, 6.07) is 27.2. The Hall–Kier alpha value is -7.98. The molecule has 0 saturated heterocycles. The van der Waals surface area contributed by atoms with Gasteiger partial charge < -0.3 is 42.5 Å². The summed E-state index contributed by atoms with van der Waals surface area (Å²) in [4.78, 5) is 28.6. The number of nitrogens with two attached hydrogens (primary N) is 2. The van der Waals surface area contributed by atoms with Gasteiger partial charge in [0.25, 0.3) is 0 Å². The highest BCUT2D eigenvalue weighted by Gasteiger charge is 2.38. The summed E-state index contributed by atoms with van der Waals surface area (Å²) in [6.07, 6.45) is 3.00. The van der Waals surface area contributed by atoms with E-state index in [1.807, 2.05) is 140 Å². The Morgan fingerprint density at radius 3 is 1.07 bits per heavy atom. The van der Waals surface area contributed by atoms with E-state index in [0.717, 1.165) is 44.5 Å². The molecule has 0 unspecified atom stereocenters. The quantitative estimate of drug-likeness (QED) is 0.0512. The van der Waals surface area contributed by atoms with E-state index in [4.69, 9.17) is 11.5 Å². The maximum absolute atomic E-state index is 14.3. The molecule has 0 radical (unpaired) electrons. The standard InChI is InChI=1S/C58H58N4O6/c1-27(2)47-39-23-33(9)49(55(65)51(39)41(53(63)57(47)67)25-61-45-17-13-37(21-31(45)7)35-11-15-43(59)29(5)19-35)50-34(10)24-40-48(28(3)4)58(68)54(64)42(52(40)56(50)66)26-62-46-18-14-38(22-32(46)8)36-12-16-44(60)30(6)20-36/h11-28,61-62,65-68H,59-60H2,1-10H3. The van der Waals surface area contributed by atoms with Crippen LogP contribution >= 0.6 is 0 Å². The van der Waals surface area contributed by atoms with E-state index in [0.29, 0.717) is 56.1 Å². The number of hydrogen-bond donors (Lipinski definition) is 8. The minimum atomic E-state index is -0.673. The third-order valence-electron chi connectivity index (χ3n) is 13.4. The summed E-state index contributed by atoms with van der Waals surface area (Å²) < 4.78 is 0. The van der Waals surface area contributed by atoms with Crippen LogP contribution in [-0.4, -0.2) is 32.0 Å². The molecule has 10 N–H and O–H groups in total. The zero-order chi connectivity index (χ0) is 49.2. The number of nitrogens with one attached hydrogen (secondary N) is 2. The lowest BCUT2D eigenvalue weighted by atomic mass is 9.75. The van der Waals surface area contributed by atoms with E-state index < -0.39 is 23.1 Å². The van der Waals surface area contributed by atoms with E-state index in [1.54, 1.807) is 13.8 Å². The summed E-state index contributed by atoms with van der Waals surface area (Å²) in [5, 5.41) is 54.9. The minimum Gasteiger partial charge on any atom is -0.507 e. The van der Waals surface area contributed by atoms with Crippen LogP contribution in [0.3, 0.4) is 0 Å². The van der Waals surface area contributed by atoms with E-state index in [1.165, 1.54) is 12.4 Å². The number of aliphatic hydroxyl groups excluding tert-OH is 2. The number of phenols is 2. The van der Waals surface area contributed by atoms with Gasteiger partial charge in [-0.15, -0.1) is 0 Å². The van der Waals surface area contributed by atoms with E-state index in [9.17, 15) is 30.0 Å². The third-order valence-corrected chi connectivity index (χ3v) is 13.4. The minimum absolute atomic E-state index is 0.0243. The van der Waals surface area contributed by atoms with Crippen LogP contribution in [0.4, 0.5) is 22.7 Å². The van der Waals surface area contributed by atoms with E-state index in [-0.39, 0.29) is 56.7 Å². The molecular formula is C58H58N4O6. The number of fused-ring (bicyclic) bond motifs is 2. The van der Waals surface area contributed by atoms with E-state index >= 15 is 0 Å². The van der Waals surface area contributed by atoms with Gasteiger partial charge in [-0.05, 0) is 169 Å². The number of ketones is 2. The lowest BCUT2D eigenvalue weighted by molar-refractivity contribution is -0.113. The molecule has 0 heterocycles. The van der Waals surface area contributed by atoms with E-state index in [2.05, 4.69) is 10.6 Å². The van der Waals surface area contributed by atoms with Gasteiger partial charge in [0, 0.05) is 68.5 Å². The first-order valence-electron chi connectivity index (χ1n) is 22.8. The molecule has 0 saturated carbocycles. The van der Waals surface area contributed by atoms with Crippen LogP contribution in [0.25, 0.3) is 55.7 Å². The topological polar surface area (TPSA) is 191 Å². The van der Waals surface area contributed by atoms with Crippen molar-refractivity contribution < 1.29 is 30.0 Å². The van der Waals surface area contributed by atoms with Gasteiger partial charge in [-0.25, -0.2) is 0 Å². The number of aliphatic hydroxyl groups is 2. The molecular weight excluding hydrogens is 849 g/mol. The molecule has 0 bridgehead atoms. The van der Waals surface area contributed by atoms with Crippen molar-refractivity contribution in [3.8, 4) is 44.9 Å². The fourth-order valence-electron chi connectivity index (χ4n) is 9.65. The normalized spacial score (nSPS) is 14.9. The molecule has 0 fully saturated rings. The Bertz CT molecular complexity index is 3070. The molecule has 6 aromatic carbocycles. The number of anilines is 4. The molecule has 68 heavy (non-hydrogen) atoms.